The Hall–Kier alpha value is -2.35. The summed E-state index contributed by atoms with van der Waals surface area (Å²) in [6.45, 7) is 2.68. The summed E-state index contributed by atoms with van der Waals surface area (Å²) in [6, 6.07) is 16.3. The van der Waals surface area contributed by atoms with Crippen molar-refractivity contribution in [3.63, 3.8) is 0 Å². The highest BCUT2D eigenvalue weighted by atomic mass is 32.2. The van der Waals surface area contributed by atoms with Gasteiger partial charge in [0, 0.05) is 49.5 Å². The highest BCUT2D eigenvalue weighted by molar-refractivity contribution is 7.89. The maximum atomic E-state index is 12.6. The second-order valence-corrected chi connectivity index (χ2v) is 9.94. The van der Waals surface area contributed by atoms with Gasteiger partial charge in [-0.1, -0.05) is 12.1 Å². The zero-order chi connectivity index (χ0) is 20.4. The quantitative estimate of drug-likeness (QED) is 0.653. The summed E-state index contributed by atoms with van der Waals surface area (Å²) in [5.74, 6) is 0. The number of rotatable bonds is 6. The van der Waals surface area contributed by atoms with Crippen molar-refractivity contribution in [3.8, 4) is 0 Å². The molecule has 154 valence electrons. The molecule has 1 aliphatic rings. The Morgan fingerprint density at radius 2 is 1.83 bits per heavy atom. The van der Waals surface area contributed by atoms with E-state index in [1.807, 2.05) is 18.3 Å². The van der Waals surface area contributed by atoms with E-state index >= 15 is 0 Å². The smallest absolute Gasteiger partial charge is 0.242 e. The van der Waals surface area contributed by atoms with Crippen molar-refractivity contribution in [2.24, 2.45) is 0 Å². The Morgan fingerprint density at radius 3 is 2.59 bits per heavy atom. The van der Waals surface area contributed by atoms with Crippen molar-refractivity contribution < 1.29 is 8.42 Å². The topological polar surface area (TPSA) is 68.4 Å². The summed E-state index contributed by atoms with van der Waals surface area (Å²) in [4.78, 5) is 6.01. The molecule has 29 heavy (non-hydrogen) atoms. The average molecular weight is 413 g/mol. The maximum absolute atomic E-state index is 12.6. The van der Waals surface area contributed by atoms with Crippen molar-refractivity contribution in [2.75, 3.05) is 32.1 Å². The molecule has 1 aromatic heterocycles. The molecule has 0 radical (unpaired) electrons. The zero-order valence-electron chi connectivity index (χ0n) is 16.9. The largest absolute Gasteiger partial charge is 0.364 e. The monoisotopic (exact) mass is 412 g/mol. The lowest BCUT2D eigenvalue weighted by molar-refractivity contribution is 0.428. The fraction of sp³-hybridized carbons (Fsp3) is 0.364. The van der Waals surface area contributed by atoms with E-state index in [0.29, 0.717) is 17.5 Å². The molecule has 0 aliphatic carbocycles. The summed E-state index contributed by atoms with van der Waals surface area (Å²) in [7, 11) is -0.315. The van der Waals surface area contributed by atoms with Gasteiger partial charge in [-0.05, 0) is 67.9 Å². The molecule has 0 unspecified atom stereocenters. The third-order valence-electron chi connectivity index (χ3n) is 5.65. The lowest BCUT2D eigenvalue weighted by Gasteiger charge is -2.36. The lowest BCUT2D eigenvalue weighted by atomic mass is 10.0. The van der Waals surface area contributed by atoms with Gasteiger partial charge in [0.1, 0.15) is 0 Å². The van der Waals surface area contributed by atoms with Gasteiger partial charge in [-0.3, -0.25) is 0 Å². The van der Waals surface area contributed by atoms with E-state index in [0.717, 1.165) is 37.0 Å². The van der Waals surface area contributed by atoms with Crippen LogP contribution in [0.3, 0.4) is 0 Å². The van der Waals surface area contributed by atoms with E-state index in [-0.39, 0.29) is 0 Å². The van der Waals surface area contributed by atoms with Crippen LogP contribution in [0, 0.1) is 0 Å². The fourth-order valence-corrected chi connectivity index (χ4v) is 4.95. The molecule has 1 fully saturated rings. The normalized spacial score (nSPS) is 15.8. The number of sulfonamides is 1. The summed E-state index contributed by atoms with van der Waals surface area (Å²) in [5.41, 5.74) is 3.29. The first-order chi connectivity index (χ1) is 13.9. The summed E-state index contributed by atoms with van der Waals surface area (Å²) < 4.78 is 26.4. The minimum atomic E-state index is -3.45. The summed E-state index contributed by atoms with van der Waals surface area (Å²) >= 11 is 0. The molecule has 0 bridgehead atoms. The Labute approximate surface area is 172 Å². The fourth-order valence-electron chi connectivity index (χ4n) is 3.98. The van der Waals surface area contributed by atoms with Crippen LogP contribution in [0.25, 0.3) is 10.9 Å². The number of H-pyrrole nitrogens is 1. The Kier molecular flexibility index (Phi) is 5.63. The predicted molar refractivity (Wildman–Crippen MR) is 118 cm³/mol. The molecule has 0 saturated carbocycles. The molecular formula is C22H28N4O2S. The molecule has 7 heteroatoms. The second-order valence-electron chi connectivity index (χ2n) is 7.79. The number of hydrogen-bond acceptors (Lipinski definition) is 4. The van der Waals surface area contributed by atoms with Gasteiger partial charge in [0.25, 0.3) is 0 Å². The number of hydrogen-bond donors (Lipinski definition) is 2. The number of fused-ring (bicyclic) bond motifs is 1. The number of piperidine rings is 1. The minimum absolute atomic E-state index is 0.339. The van der Waals surface area contributed by atoms with Gasteiger partial charge in [0.05, 0.1) is 4.90 Å². The van der Waals surface area contributed by atoms with Crippen LogP contribution in [0.5, 0.6) is 0 Å². The molecule has 0 spiro atoms. The first kappa shape index (κ1) is 19.9. The van der Waals surface area contributed by atoms with Gasteiger partial charge in [0.2, 0.25) is 10.0 Å². The predicted octanol–water partition coefficient (Wildman–Crippen LogP) is 3.18. The third kappa shape index (κ3) is 4.17. The van der Waals surface area contributed by atoms with Gasteiger partial charge < -0.3 is 15.2 Å². The van der Waals surface area contributed by atoms with Gasteiger partial charge >= 0.3 is 0 Å². The number of anilines is 1. The van der Waals surface area contributed by atoms with E-state index in [1.54, 1.807) is 26.2 Å². The highest BCUT2D eigenvalue weighted by Crippen LogP contribution is 2.28. The molecule has 2 aromatic carbocycles. The van der Waals surface area contributed by atoms with Crippen LogP contribution in [0.1, 0.15) is 18.4 Å². The molecule has 0 amide bonds. The van der Waals surface area contributed by atoms with E-state index < -0.39 is 10.0 Å². The molecule has 6 nitrogen and oxygen atoms in total. The van der Waals surface area contributed by atoms with Crippen molar-refractivity contribution in [1.82, 2.24) is 14.6 Å². The van der Waals surface area contributed by atoms with Gasteiger partial charge in [-0.15, -0.1) is 0 Å². The molecule has 4 rings (SSSR count). The van der Waals surface area contributed by atoms with Crippen LogP contribution in [0.15, 0.2) is 59.6 Å². The molecule has 2 heterocycles. The number of aromatic amines is 1. The van der Waals surface area contributed by atoms with Crippen molar-refractivity contribution in [2.45, 2.75) is 30.3 Å². The number of nitrogens with zero attached hydrogens (tertiary/aromatic N) is 2. The van der Waals surface area contributed by atoms with E-state index in [4.69, 9.17) is 0 Å². The maximum Gasteiger partial charge on any atom is 0.242 e. The van der Waals surface area contributed by atoms with Crippen LogP contribution in [-0.2, 0) is 16.6 Å². The Bertz CT molecular complexity index is 1080. The first-order valence-electron chi connectivity index (χ1n) is 10.0. The summed E-state index contributed by atoms with van der Waals surface area (Å²) in [6.07, 6.45) is 4.10. The standard InChI is InChI=1S/C22H28N4O2S/c1-25(2)29(27,28)21-5-3-4-17(14-21)16-26(19-9-11-23-12-10-19)20-6-7-22-18(15-20)8-13-24-22/h3-8,13-15,19,23-24H,9-12,16H2,1-2H3. The van der Waals surface area contributed by atoms with E-state index in [1.165, 1.54) is 15.4 Å². The van der Waals surface area contributed by atoms with Crippen molar-refractivity contribution in [1.29, 1.82) is 0 Å². The molecular weight excluding hydrogens is 384 g/mol. The van der Waals surface area contributed by atoms with Gasteiger partial charge in [-0.2, -0.15) is 0 Å². The third-order valence-corrected chi connectivity index (χ3v) is 7.46. The Balaban J connectivity index is 1.69. The molecule has 1 aliphatic heterocycles. The van der Waals surface area contributed by atoms with Crippen molar-refractivity contribution in [3.05, 3.63) is 60.3 Å². The lowest BCUT2D eigenvalue weighted by Crippen LogP contribution is -2.43. The summed E-state index contributed by atoms with van der Waals surface area (Å²) in [5, 5.41) is 4.62. The van der Waals surface area contributed by atoms with E-state index in [9.17, 15) is 8.42 Å². The molecule has 2 N–H and O–H groups in total. The minimum Gasteiger partial charge on any atom is -0.364 e. The number of aromatic nitrogens is 1. The number of nitrogens with one attached hydrogen (secondary N) is 2. The molecule has 3 aromatic rings. The van der Waals surface area contributed by atoms with E-state index in [2.05, 4.69) is 39.5 Å². The van der Waals surface area contributed by atoms with Crippen LogP contribution in [0.4, 0.5) is 5.69 Å². The Morgan fingerprint density at radius 1 is 1.03 bits per heavy atom. The zero-order valence-corrected chi connectivity index (χ0v) is 17.7. The first-order valence-corrected chi connectivity index (χ1v) is 11.4. The second kappa shape index (κ2) is 8.18. The van der Waals surface area contributed by atoms with Gasteiger partial charge in [-0.25, -0.2) is 12.7 Å². The highest BCUT2D eigenvalue weighted by Gasteiger charge is 2.23. The average Bonchev–Trinajstić information content (AvgIpc) is 3.20. The number of benzene rings is 2. The SMILES string of the molecule is CN(C)S(=O)(=O)c1cccc(CN(c2ccc3[nH]ccc3c2)C2CCNCC2)c1. The van der Waals surface area contributed by atoms with Crippen LogP contribution in [0.2, 0.25) is 0 Å². The van der Waals surface area contributed by atoms with Crippen LogP contribution in [-0.4, -0.2) is 50.9 Å². The molecule has 1 saturated heterocycles. The van der Waals surface area contributed by atoms with Crippen LogP contribution >= 0.6 is 0 Å². The van der Waals surface area contributed by atoms with Gasteiger partial charge in [0.15, 0.2) is 0 Å². The molecule has 0 atom stereocenters. The van der Waals surface area contributed by atoms with Crippen molar-refractivity contribution >= 4 is 26.6 Å². The van der Waals surface area contributed by atoms with Crippen LogP contribution < -0.4 is 10.2 Å².